The number of aliphatic hydroxyl groups is 2. The largest absolute Gasteiger partial charge is 0.537 e. The third-order valence-electron chi connectivity index (χ3n) is 3.76. The zero-order valence-electron chi connectivity index (χ0n) is 14.8. The molecule has 0 radical (unpaired) electrons. The second-order valence-corrected chi connectivity index (χ2v) is 9.88. The number of aromatic nitrogens is 4. The van der Waals surface area contributed by atoms with E-state index in [1.807, 2.05) is 0 Å². The van der Waals surface area contributed by atoms with Crippen LogP contribution in [0.15, 0.2) is 12.7 Å². The summed E-state index contributed by atoms with van der Waals surface area (Å²) in [4.78, 5) is 56.0. The van der Waals surface area contributed by atoms with Gasteiger partial charge in [-0.3, -0.25) is 14.0 Å². The molecule has 1 aliphatic rings. The highest BCUT2D eigenvalue weighted by atomic mass is 31.3. The molecule has 0 aliphatic carbocycles. The molecule has 2 aromatic rings. The Morgan fingerprint density at radius 2 is 1.74 bits per heavy atom. The molecule has 3 rings (SSSR count). The lowest BCUT2D eigenvalue weighted by Gasteiger charge is -2.20. The summed E-state index contributed by atoms with van der Waals surface area (Å²) in [6.07, 6.45) is -4.36. The summed E-state index contributed by atoms with van der Waals surface area (Å²) < 4.78 is 52.7. The van der Waals surface area contributed by atoms with Crippen molar-refractivity contribution in [3.63, 3.8) is 0 Å². The van der Waals surface area contributed by atoms with Crippen molar-refractivity contribution in [2.45, 2.75) is 24.5 Å². The SMILES string of the molecule is O=P(O)(O)OC1C(O)[C@H](n2cnc3c(OP(=O)(O)OP(=O)(O)O)ncnc32)O[C@@H]1CO. The fourth-order valence-corrected chi connectivity index (χ4v) is 4.87. The summed E-state index contributed by atoms with van der Waals surface area (Å²) in [5.41, 5.74) is -0.527. The van der Waals surface area contributed by atoms with Crippen LogP contribution in [0.5, 0.6) is 5.88 Å². The highest BCUT2D eigenvalue weighted by molar-refractivity contribution is 7.60. The van der Waals surface area contributed by atoms with Gasteiger partial charge in [-0.25, -0.2) is 23.7 Å². The van der Waals surface area contributed by atoms with Gasteiger partial charge < -0.3 is 39.0 Å². The van der Waals surface area contributed by atoms with Gasteiger partial charge in [0.2, 0.25) is 0 Å². The van der Waals surface area contributed by atoms with Crippen molar-refractivity contribution in [1.82, 2.24) is 19.5 Å². The number of phosphoric acid groups is 3. The molecule has 5 atom stereocenters. The maximum absolute atomic E-state index is 11.8. The second-order valence-electron chi connectivity index (χ2n) is 5.93. The Balaban J connectivity index is 1.93. The van der Waals surface area contributed by atoms with E-state index in [1.165, 1.54) is 0 Å². The van der Waals surface area contributed by atoms with Gasteiger partial charge >= 0.3 is 23.5 Å². The van der Waals surface area contributed by atoms with Crippen LogP contribution in [0.4, 0.5) is 0 Å². The minimum atomic E-state index is -5.40. The Hall–Kier alpha value is -1.36. The predicted molar refractivity (Wildman–Crippen MR) is 92.8 cm³/mol. The van der Waals surface area contributed by atoms with Gasteiger partial charge in [0.05, 0.1) is 12.9 Å². The Morgan fingerprint density at radius 3 is 2.32 bits per heavy atom. The Kier molecular flexibility index (Phi) is 6.68. The quantitative estimate of drug-likeness (QED) is 0.193. The standard InChI is InChI=1S/C10H15N4O14P3/c15-1-4-7(26-29(17,18)19)6(16)10(25-4)14-3-13-5-8(14)11-2-12-9(5)27-31(23,24)28-30(20,21)22/h2-4,6-7,10,15-16H,1H2,(H,23,24)(H2,17,18,19)(H2,20,21,22)/t4-,6?,7?,10-/m1/s1. The molecule has 21 heteroatoms. The molecule has 3 heterocycles. The first-order chi connectivity index (χ1) is 14.2. The summed E-state index contributed by atoms with van der Waals surface area (Å²) >= 11 is 0. The first-order valence-electron chi connectivity index (χ1n) is 7.86. The van der Waals surface area contributed by atoms with Crippen molar-refractivity contribution in [3.05, 3.63) is 12.7 Å². The van der Waals surface area contributed by atoms with Crippen LogP contribution in [0, 0.1) is 0 Å². The van der Waals surface area contributed by atoms with Crippen LogP contribution in [0.25, 0.3) is 11.2 Å². The normalized spacial score (nSPS) is 26.8. The number of ether oxygens (including phenoxy) is 1. The van der Waals surface area contributed by atoms with Gasteiger partial charge in [-0.2, -0.15) is 9.29 Å². The monoisotopic (exact) mass is 508 g/mol. The average molecular weight is 508 g/mol. The highest BCUT2D eigenvalue weighted by Crippen LogP contribution is 2.57. The minimum absolute atomic E-state index is 0.196. The van der Waals surface area contributed by atoms with Gasteiger partial charge in [-0.1, -0.05) is 0 Å². The number of imidazole rings is 1. The number of hydrogen-bond donors (Lipinski definition) is 7. The Bertz CT molecular complexity index is 1100. The van der Waals surface area contributed by atoms with Gasteiger partial charge in [-0.05, 0) is 0 Å². The van der Waals surface area contributed by atoms with Crippen molar-refractivity contribution in [1.29, 1.82) is 0 Å². The molecule has 1 fully saturated rings. The lowest BCUT2D eigenvalue weighted by molar-refractivity contribution is -0.0509. The van der Waals surface area contributed by atoms with Crippen LogP contribution < -0.4 is 4.52 Å². The van der Waals surface area contributed by atoms with E-state index in [-0.39, 0.29) is 11.2 Å². The molecule has 0 saturated carbocycles. The zero-order chi connectivity index (χ0) is 23.2. The van der Waals surface area contributed by atoms with Crippen LogP contribution in [0.1, 0.15) is 6.23 Å². The van der Waals surface area contributed by atoms with Crippen molar-refractivity contribution in [3.8, 4) is 5.88 Å². The van der Waals surface area contributed by atoms with E-state index >= 15 is 0 Å². The van der Waals surface area contributed by atoms with E-state index in [0.717, 1.165) is 17.2 Å². The second kappa shape index (κ2) is 8.53. The van der Waals surface area contributed by atoms with Crippen LogP contribution >= 0.6 is 23.5 Å². The molecule has 0 spiro atoms. The lowest BCUT2D eigenvalue weighted by Crippen LogP contribution is -2.35. The smallest absolute Gasteiger partial charge is 0.394 e. The van der Waals surface area contributed by atoms with E-state index in [1.54, 1.807) is 0 Å². The number of fused-ring (bicyclic) bond motifs is 1. The first-order valence-corrected chi connectivity index (χ1v) is 12.4. The van der Waals surface area contributed by atoms with E-state index in [4.69, 9.17) is 24.3 Å². The van der Waals surface area contributed by atoms with Gasteiger partial charge in [0.1, 0.15) is 24.6 Å². The first kappa shape index (κ1) is 24.3. The van der Waals surface area contributed by atoms with Crippen molar-refractivity contribution >= 4 is 34.6 Å². The molecule has 174 valence electrons. The molecule has 18 nitrogen and oxygen atoms in total. The van der Waals surface area contributed by atoms with E-state index in [2.05, 4.69) is 28.3 Å². The molecule has 2 aromatic heterocycles. The van der Waals surface area contributed by atoms with E-state index in [9.17, 15) is 28.8 Å². The Morgan fingerprint density at radius 1 is 1.06 bits per heavy atom. The molecular weight excluding hydrogens is 493 g/mol. The molecule has 31 heavy (non-hydrogen) atoms. The van der Waals surface area contributed by atoms with Gasteiger partial charge in [0.25, 0.3) is 5.88 Å². The summed E-state index contributed by atoms with van der Waals surface area (Å²) in [6.45, 7) is -0.776. The Labute approximate surface area is 171 Å². The van der Waals surface area contributed by atoms with Crippen LogP contribution in [0.3, 0.4) is 0 Å². The maximum Gasteiger partial charge on any atom is 0.537 e. The van der Waals surface area contributed by atoms with Crippen molar-refractivity contribution in [2.24, 2.45) is 0 Å². The fourth-order valence-electron chi connectivity index (χ4n) is 2.73. The number of phosphoric ester groups is 2. The van der Waals surface area contributed by atoms with Crippen molar-refractivity contribution < 1.29 is 66.5 Å². The summed E-state index contributed by atoms with van der Waals surface area (Å²) in [5.74, 6) is -0.725. The number of rotatable bonds is 8. The molecular formula is C10H15N4O14P3. The minimum Gasteiger partial charge on any atom is -0.394 e. The number of hydrogen-bond acceptors (Lipinski definition) is 12. The van der Waals surface area contributed by atoms with Gasteiger partial charge in [0.15, 0.2) is 17.4 Å². The van der Waals surface area contributed by atoms with E-state index in [0.29, 0.717) is 0 Å². The number of nitrogens with zero attached hydrogens (tertiary/aromatic N) is 4. The lowest BCUT2D eigenvalue weighted by atomic mass is 10.1. The van der Waals surface area contributed by atoms with Crippen LogP contribution in [0.2, 0.25) is 0 Å². The topological polar surface area (TPSA) is 273 Å². The third-order valence-corrected chi connectivity index (χ3v) is 6.36. The van der Waals surface area contributed by atoms with Crippen LogP contribution in [-0.2, 0) is 27.3 Å². The third kappa shape index (κ3) is 5.71. The van der Waals surface area contributed by atoms with E-state index < -0.39 is 60.5 Å². The molecule has 0 aromatic carbocycles. The molecule has 7 N–H and O–H groups in total. The number of aliphatic hydroxyl groups excluding tert-OH is 2. The fraction of sp³-hybridized carbons (Fsp3) is 0.500. The summed E-state index contributed by atoms with van der Waals surface area (Å²) in [6, 6.07) is 0. The summed E-state index contributed by atoms with van der Waals surface area (Å²) in [5, 5.41) is 19.8. The molecule has 0 amide bonds. The molecule has 1 aliphatic heterocycles. The van der Waals surface area contributed by atoms with Crippen molar-refractivity contribution in [2.75, 3.05) is 6.61 Å². The maximum atomic E-state index is 11.8. The molecule has 1 saturated heterocycles. The summed E-state index contributed by atoms with van der Waals surface area (Å²) in [7, 11) is -15.8. The predicted octanol–water partition coefficient (Wildman–Crippen LogP) is -1.86. The molecule has 3 unspecified atom stereocenters. The highest BCUT2D eigenvalue weighted by Gasteiger charge is 2.48. The molecule has 0 bridgehead atoms. The van der Waals surface area contributed by atoms with Gasteiger partial charge in [-0.15, -0.1) is 0 Å². The van der Waals surface area contributed by atoms with Crippen LogP contribution in [-0.4, -0.2) is 79.1 Å². The average Bonchev–Trinajstić information content (AvgIpc) is 3.14. The zero-order valence-corrected chi connectivity index (χ0v) is 17.5. The van der Waals surface area contributed by atoms with Gasteiger partial charge in [0, 0.05) is 0 Å².